The highest BCUT2D eigenvalue weighted by atomic mass is 16.4. The molecule has 1 aliphatic carbocycles. The van der Waals surface area contributed by atoms with E-state index in [2.05, 4.69) is 0 Å². The molecule has 0 radical (unpaired) electrons. The molecule has 0 aromatic heterocycles. The first-order valence-electron chi connectivity index (χ1n) is 4.58. The van der Waals surface area contributed by atoms with Gasteiger partial charge in [0.2, 0.25) is 5.91 Å². The molecule has 0 aliphatic heterocycles. The van der Waals surface area contributed by atoms with Gasteiger partial charge in [-0.2, -0.15) is 0 Å². The van der Waals surface area contributed by atoms with Crippen LogP contribution < -0.4 is 5.73 Å². The fourth-order valence-corrected chi connectivity index (χ4v) is 2.26. The summed E-state index contributed by atoms with van der Waals surface area (Å²) in [5, 5.41) is 17.3. The number of nitrogens with two attached hydrogens (primary N) is 1. The number of carboxylic acids is 2. The average Bonchev–Trinajstić information content (AvgIpc) is 2.69. The van der Waals surface area contributed by atoms with E-state index in [9.17, 15) is 14.4 Å². The fourth-order valence-electron chi connectivity index (χ4n) is 2.26. The topological polar surface area (TPSA) is 118 Å². The van der Waals surface area contributed by atoms with Crippen LogP contribution in [-0.2, 0) is 14.4 Å². The van der Waals surface area contributed by atoms with Crippen molar-refractivity contribution in [3.8, 4) is 0 Å². The van der Waals surface area contributed by atoms with Gasteiger partial charge in [0.25, 0.3) is 0 Å². The van der Waals surface area contributed by atoms with Gasteiger partial charge in [-0.15, -0.1) is 0 Å². The molecule has 0 aromatic rings. The van der Waals surface area contributed by atoms with Crippen LogP contribution in [0.3, 0.4) is 0 Å². The lowest BCUT2D eigenvalue weighted by Crippen LogP contribution is -2.29. The van der Waals surface area contributed by atoms with Crippen molar-refractivity contribution in [2.75, 3.05) is 0 Å². The molecular weight excluding hydrogens is 202 g/mol. The van der Waals surface area contributed by atoms with E-state index in [1.807, 2.05) is 0 Å². The van der Waals surface area contributed by atoms with Gasteiger partial charge in [0.1, 0.15) is 0 Å². The van der Waals surface area contributed by atoms with E-state index < -0.39 is 29.2 Å². The molecule has 6 heteroatoms. The number of carbonyl (C=O) groups is 3. The number of hydrogen-bond acceptors (Lipinski definition) is 3. The van der Waals surface area contributed by atoms with E-state index in [0.717, 1.165) is 0 Å². The van der Waals surface area contributed by atoms with Gasteiger partial charge in [0.15, 0.2) is 0 Å². The average molecular weight is 215 g/mol. The van der Waals surface area contributed by atoms with Gasteiger partial charge in [-0.25, -0.2) is 0 Å². The minimum absolute atomic E-state index is 0.00417. The van der Waals surface area contributed by atoms with Crippen molar-refractivity contribution in [3.63, 3.8) is 0 Å². The van der Waals surface area contributed by atoms with E-state index in [1.165, 1.54) is 0 Å². The normalized spacial score (nSPS) is 33.4. The van der Waals surface area contributed by atoms with E-state index in [0.29, 0.717) is 0 Å². The summed E-state index contributed by atoms with van der Waals surface area (Å²) >= 11 is 0. The van der Waals surface area contributed by atoms with E-state index in [-0.39, 0.29) is 18.8 Å². The highest BCUT2D eigenvalue weighted by molar-refractivity contribution is 5.93. The van der Waals surface area contributed by atoms with E-state index in [1.54, 1.807) is 6.92 Å². The molecule has 0 spiro atoms. The third-order valence-corrected chi connectivity index (χ3v) is 3.24. The van der Waals surface area contributed by atoms with Crippen LogP contribution in [-0.4, -0.2) is 28.1 Å². The van der Waals surface area contributed by atoms with Crippen LogP contribution in [0.2, 0.25) is 0 Å². The summed E-state index contributed by atoms with van der Waals surface area (Å²) < 4.78 is 0. The maximum atomic E-state index is 11.2. The molecule has 6 nitrogen and oxygen atoms in total. The Bertz CT molecular complexity index is 326. The van der Waals surface area contributed by atoms with Crippen LogP contribution in [0.25, 0.3) is 0 Å². The van der Waals surface area contributed by atoms with Crippen LogP contribution in [0, 0.1) is 17.3 Å². The minimum Gasteiger partial charge on any atom is -0.481 e. The fraction of sp³-hybridized carbons (Fsp3) is 0.667. The standard InChI is InChI=1S/C9H13NO5/c1-4-6(7(13)14)9(4,8(10)15)3-2-5(11)12/h4,6H,2-3H2,1H3,(H2,10,15)(H,11,12)(H,13,14)/t4?,6?,9-/m0/s1. The predicted molar refractivity (Wildman–Crippen MR) is 48.8 cm³/mol. The summed E-state index contributed by atoms with van der Waals surface area (Å²) in [5.41, 5.74) is 3.98. The van der Waals surface area contributed by atoms with Crippen molar-refractivity contribution in [3.05, 3.63) is 0 Å². The first kappa shape index (κ1) is 11.5. The first-order valence-corrected chi connectivity index (χ1v) is 4.58. The molecule has 1 saturated carbocycles. The SMILES string of the molecule is CC1C(C(=O)O)[C@@]1(CCC(=O)O)C(N)=O. The van der Waals surface area contributed by atoms with Crippen molar-refractivity contribution in [1.82, 2.24) is 0 Å². The zero-order chi connectivity index (χ0) is 11.8. The Hall–Kier alpha value is -1.59. The third-order valence-electron chi connectivity index (χ3n) is 3.24. The highest BCUT2D eigenvalue weighted by Crippen LogP contribution is 2.61. The lowest BCUT2D eigenvalue weighted by atomic mass is 9.94. The van der Waals surface area contributed by atoms with Gasteiger partial charge in [0, 0.05) is 6.42 Å². The summed E-state index contributed by atoms with van der Waals surface area (Å²) in [6.07, 6.45) is -0.243. The zero-order valence-corrected chi connectivity index (χ0v) is 8.27. The van der Waals surface area contributed by atoms with Gasteiger partial charge in [-0.05, 0) is 12.3 Å². The smallest absolute Gasteiger partial charge is 0.307 e. The highest BCUT2D eigenvalue weighted by Gasteiger charge is 2.69. The number of carbonyl (C=O) groups excluding carboxylic acids is 1. The zero-order valence-electron chi connectivity index (χ0n) is 8.27. The summed E-state index contributed by atoms with van der Waals surface area (Å²) in [4.78, 5) is 32.3. The van der Waals surface area contributed by atoms with Crippen LogP contribution in [0.1, 0.15) is 19.8 Å². The Morgan fingerprint density at radius 3 is 2.13 bits per heavy atom. The Kier molecular flexibility index (Phi) is 2.70. The van der Waals surface area contributed by atoms with Gasteiger partial charge >= 0.3 is 11.9 Å². The molecule has 1 fully saturated rings. The largest absolute Gasteiger partial charge is 0.481 e. The summed E-state index contributed by atoms with van der Waals surface area (Å²) in [7, 11) is 0. The van der Waals surface area contributed by atoms with E-state index >= 15 is 0 Å². The molecule has 2 unspecified atom stereocenters. The molecule has 0 heterocycles. The van der Waals surface area contributed by atoms with Gasteiger partial charge in [-0.3, -0.25) is 14.4 Å². The second kappa shape index (κ2) is 3.52. The third kappa shape index (κ3) is 1.67. The Morgan fingerprint density at radius 1 is 1.33 bits per heavy atom. The van der Waals surface area contributed by atoms with Crippen molar-refractivity contribution < 1.29 is 24.6 Å². The molecule has 1 rings (SSSR count). The number of hydrogen-bond donors (Lipinski definition) is 3. The molecule has 0 aromatic carbocycles. The molecule has 3 atom stereocenters. The number of amides is 1. The number of aliphatic carboxylic acids is 2. The lowest BCUT2D eigenvalue weighted by molar-refractivity contribution is -0.143. The summed E-state index contributed by atoms with van der Waals surface area (Å²) in [6.45, 7) is 1.60. The molecular formula is C9H13NO5. The van der Waals surface area contributed by atoms with Crippen LogP contribution in [0.15, 0.2) is 0 Å². The maximum Gasteiger partial charge on any atom is 0.307 e. The second-order valence-corrected chi connectivity index (χ2v) is 3.90. The molecule has 15 heavy (non-hydrogen) atoms. The monoisotopic (exact) mass is 215 g/mol. The van der Waals surface area contributed by atoms with Crippen molar-refractivity contribution >= 4 is 17.8 Å². The van der Waals surface area contributed by atoms with E-state index in [4.69, 9.17) is 15.9 Å². The van der Waals surface area contributed by atoms with Gasteiger partial charge < -0.3 is 15.9 Å². The predicted octanol–water partition coefficient (Wildman–Crippen LogP) is -0.327. The lowest BCUT2D eigenvalue weighted by Gasteiger charge is -2.10. The van der Waals surface area contributed by atoms with Crippen molar-refractivity contribution in [1.29, 1.82) is 0 Å². The summed E-state index contributed by atoms with van der Waals surface area (Å²) in [6, 6.07) is 0. The number of carboxylic acid groups (broad SMARTS) is 2. The second-order valence-electron chi connectivity index (χ2n) is 3.90. The molecule has 0 saturated heterocycles. The maximum absolute atomic E-state index is 11.2. The van der Waals surface area contributed by atoms with Gasteiger partial charge in [0.05, 0.1) is 11.3 Å². The molecule has 1 amide bonds. The van der Waals surface area contributed by atoms with Crippen LogP contribution in [0.4, 0.5) is 0 Å². The Balaban J connectivity index is 2.80. The molecule has 0 bridgehead atoms. The number of primary amides is 1. The van der Waals surface area contributed by atoms with Crippen molar-refractivity contribution in [2.45, 2.75) is 19.8 Å². The minimum atomic E-state index is -1.16. The summed E-state index contributed by atoms with van der Waals surface area (Å²) in [5.74, 6) is -4.09. The molecule has 84 valence electrons. The van der Waals surface area contributed by atoms with Gasteiger partial charge in [-0.1, -0.05) is 6.92 Å². The Morgan fingerprint density at radius 2 is 1.87 bits per heavy atom. The number of rotatable bonds is 5. The first-order chi connectivity index (χ1) is 6.84. The molecule has 4 N–H and O–H groups in total. The Labute approximate surface area is 86.1 Å². The van der Waals surface area contributed by atoms with Crippen LogP contribution >= 0.6 is 0 Å². The van der Waals surface area contributed by atoms with Crippen molar-refractivity contribution in [2.24, 2.45) is 23.0 Å². The molecule has 1 aliphatic rings. The van der Waals surface area contributed by atoms with Crippen LogP contribution in [0.5, 0.6) is 0 Å². The quantitative estimate of drug-likeness (QED) is 0.580.